The number of methoxy groups -OCH3 is 1. The number of nitrogens with zero attached hydrogens (tertiary/aromatic N) is 2. The molecule has 4 rings (SSSR count). The van der Waals surface area contributed by atoms with E-state index in [-0.39, 0.29) is 5.82 Å². The Balaban J connectivity index is 1.45. The molecule has 1 aromatic heterocycles. The minimum absolute atomic E-state index is 0.260. The third-order valence-electron chi connectivity index (χ3n) is 5.11. The van der Waals surface area contributed by atoms with Crippen molar-refractivity contribution in [1.29, 1.82) is 0 Å². The van der Waals surface area contributed by atoms with Crippen LogP contribution in [-0.2, 0) is 24.4 Å². The monoisotopic (exact) mass is 431 g/mol. The molecule has 3 aromatic carbocycles. The molecule has 5 nitrogen and oxygen atoms in total. The van der Waals surface area contributed by atoms with E-state index in [4.69, 9.17) is 9.47 Å². The second kappa shape index (κ2) is 10.6. The fraction of sp³-hybridized carbons (Fsp3) is 0.192. The maximum atomic E-state index is 13.3. The van der Waals surface area contributed by atoms with Crippen LogP contribution in [0.1, 0.15) is 11.1 Å². The molecular formula is C26H26FN3O2. The van der Waals surface area contributed by atoms with E-state index in [1.807, 2.05) is 59.2 Å². The first-order valence-corrected chi connectivity index (χ1v) is 10.5. The number of ether oxygens (including phenoxy) is 2. The average molecular weight is 432 g/mol. The van der Waals surface area contributed by atoms with E-state index in [1.54, 1.807) is 25.4 Å². The highest BCUT2D eigenvalue weighted by atomic mass is 19.1. The Kier molecular flexibility index (Phi) is 7.15. The van der Waals surface area contributed by atoms with Gasteiger partial charge in [-0.15, -0.1) is 0 Å². The molecule has 0 saturated carbocycles. The molecule has 1 heterocycles. The van der Waals surface area contributed by atoms with E-state index in [1.165, 1.54) is 12.1 Å². The molecular weight excluding hydrogens is 405 g/mol. The third-order valence-corrected chi connectivity index (χ3v) is 5.11. The van der Waals surface area contributed by atoms with Crippen LogP contribution in [0.3, 0.4) is 0 Å². The molecule has 0 atom stereocenters. The van der Waals surface area contributed by atoms with E-state index < -0.39 is 0 Å². The van der Waals surface area contributed by atoms with Gasteiger partial charge in [-0.05, 0) is 47.5 Å². The fourth-order valence-electron chi connectivity index (χ4n) is 3.44. The molecule has 0 unspecified atom stereocenters. The van der Waals surface area contributed by atoms with Gasteiger partial charge in [-0.2, -0.15) is 0 Å². The molecule has 0 aliphatic rings. The van der Waals surface area contributed by atoms with Gasteiger partial charge in [0.2, 0.25) is 5.95 Å². The molecule has 0 bridgehead atoms. The molecule has 0 fully saturated rings. The van der Waals surface area contributed by atoms with Gasteiger partial charge in [-0.25, -0.2) is 9.37 Å². The summed E-state index contributed by atoms with van der Waals surface area (Å²) >= 11 is 0. The number of imidazole rings is 1. The Morgan fingerprint density at radius 3 is 2.50 bits per heavy atom. The van der Waals surface area contributed by atoms with Crippen molar-refractivity contribution in [2.45, 2.75) is 19.7 Å². The lowest BCUT2D eigenvalue weighted by molar-refractivity contribution is 0.188. The van der Waals surface area contributed by atoms with Crippen LogP contribution >= 0.6 is 0 Å². The molecule has 0 spiro atoms. The molecule has 0 saturated heterocycles. The summed E-state index contributed by atoms with van der Waals surface area (Å²) in [5.41, 5.74) is 4.02. The smallest absolute Gasteiger partial charge is 0.203 e. The highest BCUT2D eigenvalue weighted by Crippen LogP contribution is 2.24. The van der Waals surface area contributed by atoms with Crippen molar-refractivity contribution in [2.75, 3.05) is 19.0 Å². The van der Waals surface area contributed by atoms with Gasteiger partial charge < -0.3 is 19.4 Å². The van der Waals surface area contributed by atoms with Crippen molar-refractivity contribution < 1.29 is 13.9 Å². The Bertz CT molecular complexity index is 1130. The number of rotatable bonds is 10. The number of nitrogens with one attached hydrogen (secondary N) is 1. The molecule has 0 aliphatic carbocycles. The van der Waals surface area contributed by atoms with Gasteiger partial charge in [0.25, 0.3) is 0 Å². The van der Waals surface area contributed by atoms with Gasteiger partial charge >= 0.3 is 0 Å². The summed E-state index contributed by atoms with van der Waals surface area (Å²) in [5, 5.41) is 3.41. The molecule has 0 aliphatic heterocycles. The Morgan fingerprint density at radius 2 is 1.72 bits per heavy atom. The predicted octanol–water partition coefficient (Wildman–Crippen LogP) is 5.53. The molecule has 1 N–H and O–H groups in total. The zero-order valence-electron chi connectivity index (χ0n) is 18.0. The van der Waals surface area contributed by atoms with Gasteiger partial charge in [0.05, 0.1) is 18.5 Å². The normalized spacial score (nSPS) is 10.8. The highest BCUT2D eigenvalue weighted by molar-refractivity contribution is 5.61. The predicted molar refractivity (Wildman–Crippen MR) is 124 cm³/mol. The van der Waals surface area contributed by atoms with Gasteiger partial charge in [-0.3, -0.25) is 0 Å². The fourth-order valence-corrected chi connectivity index (χ4v) is 3.44. The first kappa shape index (κ1) is 21.6. The molecule has 6 heteroatoms. The lowest BCUT2D eigenvalue weighted by Gasteiger charge is -2.14. The first-order valence-electron chi connectivity index (χ1n) is 10.5. The number of aromatic nitrogens is 2. The number of hydrogen-bond acceptors (Lipinski definition) is 4. The van der Waals surface area contributed by atoms with Crippen molar-refractivity contribution in [3.05, 3.63) is 102 Å². The van der Waals surface area contributed by atoms with Crippen LogP contribution in [0.25, 0.3) is 11.3 Å². The summed E-state index contributed by atoms with van der Waals surface area (Å²) in [7, 11) is 1.67. The average Bonchev–Trinajstić information content (AvgIpc) is 3.24. The number of halogens is 1. The van der Waals surface area contributed by atoms with Crippen LogP contribution in [0.5, 0.6) is 5.75 Å². The van der Waals surface area contributed by atoms with Crippen molar-refractivity contribution in [3.8, 4) is 17.0 Å². The van der Waals surface area contributed by atoms with E-state index >= 15 is 0 Å². The SMILES string of the molecule is COCCn1c(-c2ccc(F)cc2)cnc1NCc1cccc(OCc2ccccc2)c1. The molecule has 32 heavy (non-hydrogen) atoms. The van der Waals surface area contributed by atoms with Crippen LogP contribution in [0.15, 0.2) is 85.1 Å². The van der Waals surface area contributed by atoms with Crippen molar-refractivity contribution in [3.63, 3.8) is 0 Å². The number of benzene rings is 3. The summed E-state index contributed by atoms with van der Waals surface area (Å²) in [6.45, 7) is 2.30. The minimum Gasteiger partial charge on any atom is -0.489 e. The van der Waals surface area contributed by atoms with Crippen LogP contribution in [-0.4, -0.2) is 23.3 Å². The van der Waals surface area contributed by atoms with E-state index in [0.717, 1.165) is 34.1 Å². The lowest BCUT2D eigenvalue weighted by Crippen LogP contribution is -2.11. The zero-order valence-corrected chi connectivity index (χ0v) is 18.0. The van der Waals surface area contributed by atoms with E-state index in [0.29, 0.717) is 26.3 Å². The highest BCUT2D eigenvalue weighted by Gasteiger charge is 2.12. The van der Waals surface area contributed by atoms with Crippen LogP contribution in [0.2, 0.25) is 0 Å². The summed E-state index contributed by atoms with van der Waals surface area (Å²) in [6.07, 6.45) is 1.80. The zero-order chi connectivity index (χ0) is 22.2. The minimum atomic E-state index is -0.260. The summed E-state index contributed by atoms with van der Waals surface area (Å²) in [6, 6.07) is 24.5. The van der Waals surface area contributed by atoms with E-state index in [9.17, 15) is 4.39 Å². The summed E-state index contributed by atoms with van der Waals surface area (Å²) in [5.74, 6) is 1.30. The third kappa shape index (κ3) is 5.53. The maximum Gasteiger partial charge on any atom is 0.203 e. The largest absolute Gasteiger partial charge is 0.489 e. The summed E-state index contributed by atoms with van der Waals surface area (Å²) < 4.78 is 26.6. The van der Waals surface area contributed by atoms with Crippen molar-refractivity contribution in [2.24, 2.45) is 0 Å². The lowest BCUT2D eigenvalue weighted by atomic mass is 10.1. The second-order valence-corrected chi connectivity index (χ2v) is 7.39. The Morgan fingerprint density at radius 1 is 0.938 bits per heavy atom. The van der Waals surface area contributed by atoms with Gasteiger partial charge in [0.1, 0.15) is 18.2 Å². The number of anilines is 1. The first-order chi connectivity index (χ1) is 15.7. The Labute approximate surface area is 187 Å². The van der Waals surface area contributed by atoms with Crippen LogP contribution in [0.4, 0.5) is 10.3 Å². The Hall–Kier alpha value is -3.64. The number of hydrogen-bond donors (Lipinski definition) is 1. The van der Waals surface area contributed by atoms with Crippen LogP contribution < -0.4 is 10.1 Å². The van der Waals surface area contributed by atoms with Crippen molar-refractivity contribution >= 4 is 5.95 Å². The maximum absolute atomic E-state index is 13.3. The van der Waals surface area contributed by atoms with Gasteiger partial charge in [0, 0.05) is 25.8 Å². The van der Waals surface area contributed by atoms with E-state index in [2.05, 4.69) is 10.3 Å². The van der Waals surface area contributed by atoms with Gasteiger partial charge in [-0.1, -0.05) is 42.5 Å². The molecule has 164 valence electrons. The van der Waals surface area contributed by atoms with Crippen molar-refractivity contribution in [1.82, 2.24) is 9.55 Å². The standard InChI is InChI=1S/C26H26FN3O2/c1-31-15-14-30-25(22-10-12-23(27)13-11-22)18-29-26(30)28-17-21-8-5-9-24(16-21)32-19-20-6-3-2-4-7-20/h2-13,16,18H,14-15,17,19H2,1H3,(H,28,29). The molecule has 0 radical (unpaired) electrons. The van der Waals surface area contributed by atoms with Crippen LogP contribution in [0, 0.1) is 5.82 Å². The second-order valence-electron chi connectivity index (χ2n) is 7.39. The molecule has 4 aromatic rings. The quantitative estimate of drug-likeness (QED) is 0.359. The molecule has 0 amide bonds. The summed E-state index contributed by atoms with van der Waals surface area (Å²) in [4.78, 5) is 4.55. The topological polar surface area (TPSA) is 48.3 Å². The van der Waals surface area contributed by atoms with Gasteiger partial charge in [0.15, 0.2) is 0 Å².